The van der Waals surface area contributed by atoms with Crippen LogP contribution in [0.2, 0.25) is 0 Å². The Balaban J connectivity index is 1.14. The summed E-state index contributed by atoms with van der Waals surface area (Å²) < 4.78 is 2.63. The van der Waals surface area contributed by atoms with Gasteiger partial charge in [0.25, 0.3) is 0 Å². The molecule has 1 saturated carbocycles. The number of thiophene rings is 1. The fraction of sp³-hybridized carbons (Fsp3) is 0.0943. The number of nitrogens with zero attached hydrogens (tertiary/aromatic N) is 1. The molecule has 0 bridgehead atoms. The second-order valence-electron chi connectivity index (χ2n) is 15.2. The Morgan fingerprint density at radius 1 is 0.382 bits per heavy atom. The summed E-state index contributed by atoms with van der Waals surface area (Å²) in [5.74, 6) is 0. The second-order valence-corrected chi connectivity index (χ2v) is 16.2. The maximum Gasteiger partial charge on any atom is 0.0540 e. The Morgan fingerprint density at radius 3 is 1.73 bits per heavy atom. The Hall–Kier alpha value is -6.22. The van der Waals surface area contributed by atoms with Crippen molar-refractivity contribution in [3.63, 3.8) is 0 Å². The summed E-state index contributed by atoms with van der Waals surface area (Å²) in [7, 11) is 0. The predicted molar refractivity (Wildman–Crippen MR) is 235 cm³/mol. The molecular formula is C53H39NS. The lowest BCUT2D eigenvalue weighted by Gasteiger charge is -2.31. The molecule has 0 N–H and O–H groups in total. The summed E-state index contributed by atoms with van der Waals surface area (Å²) in [6.45, 7) is 0. The zero-order valence-electron chi connectivity index (χ0n) is 30.6. The van der Waals surface area contributed by atoms with E-state index in [1.807, 2.05) is 11.3 Å². The third kappa shape index (κ3) is 5.13. The predicted octanol–water partition coefficient (Wildman–Crippen LogP) is 15.4. The monoisotopic (exact) mass is 721 g/mol. The highest BCUT2D eigenvalue weighted by Gasteiger charge is 2.45. The number of fused-ring (bicyclic) bond motifs is 8. The summed E-state index contributed by atoms with van der Waals surface area (Å²) in [4.78, 5) is 2.53. The van der Waals surface area contributed by atoms with E-state index < -0.39 is 0 Å². The number of hydrogen-bond acceptors (Lipinski definition) is 2. The molecule has 0 saturated heterocycles. The van der Waals surface area contributed by atoms with Crippen LogP contribution >= 0.6 is 11.3 Å². The van der Waals surface area contributed by atoms with Gasteiger partial charge in [-0.3, -0.25) is 0 Å². The van der Waals surface area contributed by atoms with Crippen molar-refractivity contribution in [3.05, 3.63) is 199 Å². The van der Waals surface area contributed by atoms with E-state index in [-0.39, 0.29) is 5.41 Å². The summed E-state index contributed by atoms with van der Waals surface area (Å²) in [6.07, 6.45) is 4.96. The van der Waals surface area contributed by atoms with Crippen LogP contribution in [0.15, 0.2) is 188 Å². The molecule has 2 aliphatic rings. The summed E-state index contributed by atoms with van der Waals surface area (Å²) in [6, 6.07) is 70.0. The molecule has 11 rings (SSSR count). The average molecular weight is 722 g/mol. The van der Waals surface area contributed by atoms with E-state index in [0.717, 1.165) is 0 Å². The Morgan fingerprint density at radius 2 is 0.927 bits per heavy atom. The molecule has 2 heteroatoms. The van der Waals surface area contributed by atoms with Gasteiger partial charge in [0.05, 0.1) is 5.69 Å². The van der Waals surface area contributed by atoms with Crippen LogP contribution in [0.25, 0.3) is 64.7 Å². The fourth-order valence-corrected chi connectivity index (χ4v) is 11.0. The minimum absolute atomic E-state index is 0.0797. The molecule has 1 heterocycles. The maximum atomic E-state index is 2.54. The van der Waals surface area contributed by atoms with Crippen LogP contribution in [-0.4, -0.2) is 0 Å². The van der Waals surface area contributed by atoms with Gasteiger partial charge >= 0.3 is 0 Å². The van der Waals surface area contributed by atoms with Gasteiger partial charge in [-0.05, 0) is 99.3 Å². The second kappa shape index (κ2) is 13.0. The van der Waals surface area contributed by atoms with E-state index in [0.29, 0.717) is 0 Å². The highest BCUT2D eigenvalue weighted by Crippen LogP contribution is 2.58. The van der Waals surface area contributed by atoms with Crippen molar-refractivity contribution in [1.29, 1.82) is 0 Å². The lowest BCUT2D eigenvalue weighted by Crippen LogP contribution is -2.21. The number of anilines is 3. The molecule has 2 aliphatic carbocycles. The molecule has 0 radical (unpaired) electrons. The van der Waals surface area contributed by atoms with Crippen LogP contribution in [0, 0.1) is 0 Å². The molecule has 1 spiro atoms. The van der Waals surface area contributed by atoms with Crippen molar-refractivity contribution in [2.75, 3.05) is 4.90 Å². The van der Waals surface area contributed by atoms with Gasteiger partial charge in [0.2, 0.25) is 0 Å². The molecule has 262 valence electrons. The lowest BCUT2D eigenvalue weighted by molar-refractivity contribution is 0.550. The summed E-state index contributed by atoms with van der Waals surface area (Å²) in [5.41, 5.74) is 16.8. The van der Waals surface area contributed by atoms with Gasteiger partial charge in [0, 0.05) is 42.5 Å². The highest BCUT2D eigenvalue weighted by atomic mass is 32.1. The molecule has 1 aromatic heterocycles. The molecule has 8 aromatic carbocycles. The minimum Gasteiger partial charge on any atom is -0.310 e. The quantitative estimate of drug-likeness (QED) is 0.165. The Labute approximate surface area is 326 Å². The van der Waals surface area contributed by atoms with E-state index in [2.05, 4.69) is 193 Å². The topological polar surface area (TPSA) is 3.24 Å². The first-order valence-corrected chi connectivity index (χ1v) is 20.4. The van der Waals surface area contributed by atoms with Crippen LogP contribution in [0.3, 0.4) is 0 Å². The van der Waals surface area contributed by atoms with Crippen molar-refractivity contribution in [1.82, 2.24) is 0 Å². The largest absolute Gasteiger partial charge is 0.310 e. The van der Waals surface area contributed by atoms with Crippen molar-refractivity contribution in [3.8, 4) is 44.5 Å². The van der Waals surface area contributed by atoms with E-state index >= 15 is 0 Å². The zero-order chi connectivity index (χ0) is 36.3. The van der Waals surface area contributed by atoms with Gasteiger partial charge < -0.3 is 4.90 Å². The molecule has 1 nitrogen and oxygen atoms in total. The number of para-hydroxylation sites is 1. The molecule has 0 atom stereocenters. The minimum atomic E-state index is 0.0797. The molecule has 1 fully saturated rings. The van der Waals surface area contributed by atoms with Gasteiger partial charge in [0.15, 0.2) is 0 Å². The maximum absolute atomic E-state index is 2.54. The van der Waals surface area contributed by atoms with Crippen LogP contribution in [-0.2, 0) is 5.41 Å². The third-order valence-electron chi connectivity index (χ3n) is 12.3. The van der Waals surface area contributed by atoms with Gasteiger partial charge in [-0.2, -0.15) is 0 Å². The standard InChI is InChI=1S/C53H39NS/c1-2-16-36(17-3-1)39-18-4-5-19-40(39)41-20-6-7-21-42(41)45-23-9-12-26-50(45)54(38-29-31-47-46-24-10-13-27-51(46)55-52(47)35-38)37-28-30-44-43-22-8-11-25-48(43)53(49(44)34-37)32-14-15-33-53/h1-13,16-31,34-35H,14-15,32-33H2. The highest BCUT2D eigenvalue weighted by molar-refractivity contribution is 7.25. The normalized spacial score (nSPS) is 14.0. The summed E-state index contributed by atoms with van der Waals surface area (Å²) in [5, 5.41) is 2.64. The lowest BCUT2D eigenvalue weighted by atomic mass is 9.76. The molecule has 0 amide bonds. The van der Waals surface area contributed by atoms with Crippen molar-refractivity contribution in [2.24, 2.45) is 0 Å². The van der Waals surface area contributed by atoms with E-state index in [1.165, 1.54) is 119 Å². The molecule has 0 aliphatic heterocycles. The number of hydrogen-bond donors (Lipinski definition) is 0. The first kappa shape index (κ1) is 32.2. The zero-order valence-corrected chi connectivity index (χ0v) is 31.4. The molecular weight excluding hydrogens is 683 g/mol. The third-order valence-corrected chi connectivity index (χ3v) is 13.4. The van der Waals surface area contributed by atoms with Gasteiger partial charge in [-0.15, -0.1) is 11.3 Å². The van der Waals surface area contributed by atoms with Crippen LogP contribution in [0.5, 0.6) is 0 Å². The first-order chi connectivity index (χ1) is 27.3. The van der Waals surface area contributed by atoms with Crippen molar-refractivity contribution >= 4 is 48.6 Å². The van der Waals surface area contributed by atoms with Gasteiger partial charge in [-0.25, -0.2) is 0 Å². The first-order valence-electron chi connectivity index (χ1n) is 19.6. The van der Waals surface area contributed by atoms with E-state index in [1.54, 1.807) is 0 Å². The van der Waals surface area contributed by atoms with Crippen LogP contribution in [0.4, 0.5) is 17.1 Å². The molecule has 9 aromatic rings. The SMILES string of the molecule is c1ccc(-c2ccccc2-c2ccccc2-c2ccccc2N(c2ccc3c(c2)C2(CCCC2)c2ccccc2-3)c2ccc3c(c2)sc2ccccc23)cc1. The Kier molecular flexibility index (Phi) is 7.60. The smallest absolute Gasteiger partial charge is 0.0540 e. The number of rotatable bonds is 6. The molecule has 55 heavy (non-hydrogen) atoms. The van der Waals surface area contributed by atoms with Crippen LogP contribution in [0.1, 0.15) is 36.8 Å². The van der Waals surface area contributed by atoms with Crippen molar-refractivity contribution in [2.45, 2.75) is 31.1 Å². The fourth-order valence-electron chi connectivity index (χ4n) is 9.82. The number of benzene rings is 8. The Bertz CT molecular complexity index is 2890. The van der Waals surface area contributed by atoms with Gasteiger partial charge in [-0.1, -0.05) is 165 Å². The van der Waals surface area contributed by atoms with E-state index in [4.69, 9.17) is 0 Å². The van der Waals surface area contributed by atoms with Gasteiger partial charge in [0.1, 0.15) is 0 Å². The van der Waals surface area contributed by atoms with Crippen molar-refractivity contribution < 1.29 is 0 Å². The summed E-state index contributed by atoms with van der Waals surface area (Å²) >= 11 is 1.88. The molecule has 0 unspecified atom stereocenters. The van der Waals surface area contributed by atoms with E-state index in [9.17, 15) is 0 Å². The van der Waals surface area contributed by atoms with Crippen LogP contribution < -0.4 is 4.90 Å². The average Bonchev–Trinajstić information content (AvgIpc) is 3.97.